The zero-order valence-corrected chi connectivity index (χ0v) is 15.5. The van der Waals surface area contributed by atoms with E-state index in [2.05, 4.69) is 22.5 Å². The van der Waals surface area contributed by atoms with E-state index in [1.165, 1.54) is 11.0 Å². The molecule has 1 unspecified atom stereocenters. The molecule has 128 valence electrons. The lowest BCUT2D eigenvalue weighted by Gasteiger charge is -2.22. The van der Waals surface area contributed by atoms with Crippen molar-refractivity contribution in [2.45, 2.75) is 12.0 Å². The Balaban J connectivity index is 2.02. The number of halogens is 2. The van der Waals surface area contributed by atoms with Gasteiger partial charge >= 0.3 is 0 Å². The Morgan fingerprint density at radius 1 is 1.32 bits per heavy atom. The first-order valence-electron chi connectivity index (χ1n) is 7.61. The van der Waals surface area contributed by atoms with E-state index < -0.39 is 11.5 Å². The number of amides is 1. The highest BCUT2D eigenvalue weighted by Crippen LogP contribution is 2.44. The van der Waals surface area contributed by atoms with Gasteiger partial charge in [-0.2, -0.15) is 0 Å². The smallest absolute Gasteiger partial charge is 0.264 e. The second kappa shape index (κ2) is 6.75. The fourth-order valence-corrected chi connectivity index (χ4v) is 3.57. The highest BCUT2D eigenvalue weighted by molar-refractivity contribution is 9.10. The van der Waals surface area contributed by atoms with E-state index in [1.807, 2.05) is 0 Å². The van der Waals surface area contributed by atoms with Crippen molar-refractivity contribution in [2.24, 2.45) is 0 Å². The van der Waals surface area contributed by atoms with E-state index in [0.29, 0.717) is 21.8 Å². The van der Waals surface area contributed by atoms with Crippen LogP contribution >= 0.6 is 27.5 Å². The number of ketones is 1. The van der Waals surface area contributed by atoms with Gasteiger partial charge in [0.1, 0.15) is 0 Å². The van der Waals surface area contributed by atoms with Gasteiger partial charge in [0.05, 0.1) is 12.1 Å². The van der Waals surface area contributed by atoms with Gasteiger partial charge in [0.15, 0.2) is 11.4 Å². The normalized spacial score (nSPS) is 19.0. The topological polar surface area (TPSA) is 57.6 Å². The molecular weight excluding hydrogens is 406 g/mol. The van der Waals surface area contributed by atoms with Crippen LogP contribution in [0.3, 0.4) is 0 Å². The zero-order valence-electron chi connectivity index (χ0n) is 13.2. The molecule has 6 heteroatoms. The van der Waals surface area contributed by atoms with Gasteiger partial charge in [-0.25, -0.2) is 0 Å². The van der Waals surface area contributed by atoms with E-state index >= 15 is 0 Å². The number of carbonyl (C=O) groups excluding carboxylic acids is 2. The molecule has 25 heavy (non-hydrogen) atoms. The first-order valence-corrected chi connectivity index (χ1v) is 8.78. The van der Waals surface area contributed by atoms with E-state index in [1.54, 1.807) is 42.5 Å². The van der Waals surface area contributed by atoms with Gasteiger partial charge in [0, 0.05) is 27.2 Å². The summed E-state index contributed by atoms with van der Waals surface area (Å²) in [6.07, 6.45) is 1.21. The van der Waals surface area contributed by atoms with Crippen LogP contribution in [0.4, 0.5) is 5.69 Å². The number of anilines is 1. The van der Waals surface area contributed by atoms with Crippen molar-refractivity contribution in [3.8, 4) is 0 Å². The van der Waals surface area contributed by atoms with E-state index in [9.17, 15) is 14.7 Å². The van der Waals surface area contributed by atoms with Gasteiger partial charge in [0.25, 0.3) is 5.91 Å². The van der Waals surface area contributed by atoms with Gasteiger partial charge in [-0.15, -0.1) is 6.58 Å². The lowest BCUT2D eigenvalue weighted by Crippen LogP contribution is -2.41. The molecule has 1 amide bonds. The zero-order chi connectivity index (χ0) is 18.2. The van der Waals surface area contributed by atoms with Crippen molar-refractivity contribution in [1.82, 2.24) is 0 Å². The Hall–Kier alpha value is -1.95. The molecule has 0 aromatic heterocycles. The largest absolute Gasteiger partial charge is 0.375 e. The maximum atomic E-state index is 12.8. The molecule has 3 rings (SSSR count). The van der Waals surface area contributed by atoms with Crippen molar-refractivity contribution >= 4 is 44.9 Å². The van der Waals surface area contributed by atoms with Crippen LogP contribution in [0.15, 0.2) is 59.6 Å². The minimum atomic E-state index is -1.94. The fourth-order valence-electron chi connectivity index (χ4n) is 3.00. The summed E-state index contributed by atoms with van der Waals surface area (Å²) in [6, 6.07) is 11.7. The standard InChI is InChI=1S/C19H15BrClNO3/c1-2-8-22-16-7-6-14(21)10-15(16)19(25,18(22)24)11-17(23)12-4-3-5-13(20)9-12/h2-7,9-10,25H,1,8,11H2. The minimum absolute atomic E-state index is 0.237. The quantitative estimate of drug-likeness (QED) is 0.585. The maximum absolute atomic E-state index is 12.8. The number of aliphatic hydroxyl groups is 1. The summed E-state index contributed by atoms with van der Waals surface area (Å²) in [7, 11) is 0. The molecule has 0 bridgehead atoms. The number of hydrogen-bond acceptors (Lipinski definition) is 3. The Morgan fingerprint density at radius 2 is 2.08 bits per heavy atom. The highest BCUT2D eigenvalue weighted by atomic mass is 79.9. The summed E-state index contributed by atoms with van der Waals surface area (Å²) < 4.78 is 0.750. The molecule has 1 aliphatic heterocycles. The van der Waals surface area contributed by atoms with Crippen LogP contribution in [-0.4, -0.2) is 23.3 Å². The molecular formula is C19H15BrClNO3. The average molecular weight is 421 g/mol. The first-order chi connectivity index (χ1) is 11.9. The Kier molecular flexibility index (Phi) is 4.82. The predicted molar refractivity (Wildman–Crippen MR) is 101 cm³/mol. The number of hydrogen-bond donors (Lipinski definition) is 1. The van der Waals surface area contributed by atoms with Gasteiger partial charge in [0.2, 0.25) is 0 Å². The monoisotopic (exact) mass is 419 g/mol. The van der Waals surface area contributed by atoms with Crippen LogP contribution in [0.2, 0.25) is 5.02 Å². The van der Waals surface area contributed by atoms with Crippen molar-refractivity contribution in [2.75, 3.05) is 11.4 Å². The van der Waals surface area contributed by atoms with Crippen molar-refractivity contribution in [3.63, 3.8) is 0 Å². The Bertz CT molecular complexity index is 883. The summed E-state index contributed by atoms with van der Waals surface area (Å²) in [6.45, 7) is 3.88. The molecule has 2 aromatic rings. The molecule has 0 saturated carbocycles. The molecule has 0 saturated heterocycles. The van der Waals surface area contributed by atoms with Gasteiger partial charge in [-0.3, -0.25) is 9.59 Å². The van der Waals surface area contributed by atoms with Crippen LogP contribution in [0, 0.1) is 0 Å². The van der Waals surface area contributed by atoms with Crippen molar-refractivity contribution in [3.05, 3.63) is 75.7 Å². The van der Waals surface area contributed by atoms with E-state index in [-0.39, 0.29) is 18.7 Å². The van der Waals surface area contributed by atoms with E-state index in [4.69, 9.17) is 11.6 Å². The molecule has 2 aromatic carbocycles. The summed E-state index contributed by atoms with van der Waals surface area (Å²) in [4.78, 5) is 26.9. The molecule has 0 spiro atoms. The third kappa shape index (κ3) is 3.15. The number of nitrogens with zero attached hydrogens (tertiary/aromatic N) is 1. The number of benzene rings is 2. The first kappa shape index (κ1) is 17.9. The second-order valence-electron chi connectivity index (χ2n) is 5.84. The minimum Gasteiger partial charge on any atom is -0.375 e. The molecule has 0 radical (unpaired) electrons. The summed E-state index contributed by atoms with van der Waals surface area (Å²) in [5, 5.41) is 11.5. The summed E-state index contributed by atoms with van der Waals surface area (Å²) in [5.41, 5.74) is -0.641. The van der Waals surface area contributed by atoms with Crippen LogP contribution in [0.5, 0.6) is 0 Å². The third-order valence-electron chi connectivity index (χ3n) is 4.17. The molecule has 1 aliphatic rings. The van der Waals surface area contributed by atoms with Crippen molar-refractivity contribution < 1.29 is 14.7 Å². The highest BCUT2D eigenvalue weighted by Gasteiger charge is 2.50. The van der Waals surface area contributed by atoms with Gasteiger partial charge in [-0.05, 0) is 30.3 Å². The number of carbonyl (C=O) groups is 2. The summed E-state index contributed by atoms with van der Waals surface area (Å²) >= 11 is 9.36. The molecule has 1 atom stereocenters. The molecule has 4 nitrogen and oxygen atoms in total. The Labute approximate surface area is 158 Å². The van der Waals surface area contributed by atoms with Crippen molar-refractivity contribution in [1.29, 1.82) is 0 Å². The van der Waals surface area contributed by atoms with Gasteiger partial charge < -0.3 is 10.0 Å². The number of Topliss-reactive ketones (excluding diaryl/α,β-unsaturated/α-hetero) is 1. The SMILES string of the molecule is C=CCN1C(=O)C(O)(CC(=O)c2cccc(Br)c2)c2cc(Cl)ccc21. The lowest BCUT2D eigenvalue weighted by molar-refractivity contribution is -0.135. The fraction of sp³-hybridized carbons (Fsp3) is 0.158. The van der Waals surface area contributed by atoms with Crippen LogP contribution < -0.4 is 4.90 Å². The molecule has 1 N–H and O–H groups in total. The number of rotatable bonds is 5. The predicted octanol–water partition coefficient (Wildman–Crippen LogP) is 4.10. The molecule has 1 heterocycles. The van der Waals surface area contributed by atoms with E-state index in [0.717, 1.165) is 4.47 Å². The maximum Gasteiger partial charge on any atom is 0.264 e. The molecule has 0 fully saturated rings. The molecule has 0 aliphatic carbocycles. The summed E-state index contributed by atoms with van der Waals surface area (Å²) in [5.74, 6) is -0.878. The third-order valence-corrected chi connectivity index (χ3v) is 4.90. The second-order valence-corrected chi connectivity index (χ2v) is 7.19. The van der Waals surface area contributed by atoms with Gasteiger partial charge in [-0.1, -0.05) is 45.7 Å². The number of fused-ring (bicyclic) bond motifs is 1. The van der Waals surface area contributed by atoms with Crippen LogP contribution in [-0.2, 0) is 10.4 Å². The lowest BCUT2D eigenvalue weighted by atomic mass is 9.88. The van der Waals surface area contributed by atoms with Crippen LogP contribution in [0.1, 0.15) is 22.3 Å². The Morgan fingerprint density at radius 3 is 2.76 bits per heavy atom. The van der Waals surface area contributed by atoms with Crippen LogP contribution in [0.25, 0.3) is 0 Å². The average Bonchev–Trinajstić information content (AvgIpc) is 2.77.